The predicted molar refractivity (Wildman–Crippen MR) is 60.5 cm³/mol. The van der Waals surface area contributed by atoms with Gasteiger partial charge in [0.15, 0.2) is 0 Å². The zero-order chi connectivity index (χ0) is 10.1. The second-order valence-electron chi connectivity index (χ2n) is 3.80. The number of aromatic nitrogens is 1. The van der Waals surface area contributed by atoms with Gasteiger partial charge in [0.05, 0.1) is 0 Å². The molecular formula is C12H16N2. The van der Waals surface area contributed by atoms with Crippen LogP contribution in [-0.2, 0) is 6.42 Å². The van der Waals surface area contributed by atoms with E-state index in [9.17, 15) is 0 Å². The van der Waals surface area contributed by atoms with E-state index < -0.39 is 0 Å². The third-order valence-corrected chi connectivity index (χ3v) is 2.80. The summed E-state index contributed by atoms with van der Waals surface area (Å²) in [6, 6.07) is 6.51. The van der Waals surface area contributed by atoms with Crippen molar-refractivity contribution in [3.63, 3.8) is 0 Å². The minimum Gasteiger partial charge on any atom is -0.358 e. The van der Waals surface area contributed by atoms with Crippen LogP contribution in [0.4, 0.5) is 0 Å². The highest BCUT2D eigenvalue weighted by Gasteiger charge is 2.03. The standard InChI is InChI=1S/C12H16N2/c1-8-3-4-10-7-11(5-6-13)14-12(10)9(8)2/h3-4,7,14H,5-6,13H2,1-2H3. The van der Waals surface area contributed by atoms with Gasteiger partial charge >= 0.3 is 0 Å². The van der Waals surface area contributed by atoms with Crippen LogP contribution in [0.25, 0.3) is 10.9 Å². The number of aromatic amines is 1. The molecule has 1 aromatic carbocycles. The van der Waals surface area contributed by atoms with Crippen molar-refractivity contribution in [3.8, 4) is 0 Å². The molecule has 14 heavy (non-hydrogen) atoms. The molecule has 0 unspecified atom stereocenters. The summed E-state index contributed by atoms with van der Waals surface area (Å²) in [7, 11) is 0. The molecule has 3 N–H and O–H groups in total. The van der Waals surface area contributed by atoms with Crippen molar-refractivity contribution in [1.29, 1.82) is 0 Å². The third-order valence-electron chi connectivity index (χ3n) is 2.80. The molecule has 0 fully saturated rings. The zero-order valence-corrected chi connectivity index (χ0v) is 8.72. The fourth-order valence-electron chi connectivity index (χ4n) is 1.80. The van der Waals surface area contributed by atoms with Gasteiger partial charge in [0, 0.05) is 11.2 Å². The third kappa shape index (κ3) is 1.42. The molecule has 2 nitrogen and oxygen atoms in total. The van der Waals surface area contributed by atoms with E-state index in [-0.39, 0.29) is 0 Å². The van der Waals surface area contributed by atoms with E-state index in [0.29, 0.717) is 6.54 Å². The van der Waals surface area contributed by atoms with Gasteiger partial charge in [0.25, 0.3) is 0 Å². The van der Waals surface area contributed by atoms with Gasteiger partial charge in [0.2, 0.25) is 0 Å². The summed E-state index contributed by atoms with van der Waals surface area (Å²) in [5.41, 5.74) is 10.7. The number of aryl methyl sites for hydroxylation is 2. The fourth-order valence-corrected chi connectivity index (χ4v) is 1.80. The number of rotatable bonds is 2. The molecule has 0 aliphatic heterocycles. The second-order valence-corrected chi connectivity index (χ2v) is 3.80. The maximum Gasteiger partial charge on any atom is 0.0488 e. The Kier molecular flexibility index (Phi) is 2.30. The summed E-state index contributed by atoms with van der Waals surface area (Å²) in [5.74, 6) is 0. The predicted octanol–water partition coefficient (Wildman–Crippen LogP) is 2.29. The second kappa shape index (κ2) is 3.46. The van der Waals surface area contributed by atoms with Crippen LogP contribution < -0.4 is 5.73 Å². The van der Waals surface area contributed by atoms with Crippen LogP contribution in [-0.4, -0.2) is 11.5 Å². The summed E-state index contributed by atoms with van der Waals surface area (Å²) >= 11 is 0. The number of H-pyrrole nitrogens is 1. The molecule has 0 radical (unpaired) electrons. The fraction of sp³-hybridized carbons (Fsp3) is 0.333. The molecule has 0 aliphatic rings. The van der Waals surface area contributed by atoms with E-state index in [1.807, 2.05) is 0 Å². The average molecular weight is 188 g/mol. The van der Waals surface area contributed by atoms with E-state index in [4.69, 9.17) is 5.73 Å². The average Bonchev–Trinajstić information content (AvgIpc) is 2.56. The maximum atomic E-state index is 5.53. The summed E-state index contributed by atoms with van der Waals surface area (Å²) in [6.07, 6.45) is 0.924. The Morgan fingerprint density at radius 1 is 1.29 bits per heavy atom. The number of nitrogens with two attached hydrogens (primary N) is 1. The zero-order valence-electron chi connectivity index (χ0n) is 8.72. The van der Waals surface area contributed by atoms with E-state index in [1.54, 1.807) is 0 Å². The number of hydrogen-bond donors (Lipinski definition) is 2. The van der Waals surface area contributed by atoms with Crippen LogP contribution in [0.15, 0.2) is 18.2 Å². The monoisotopic (exact) mass is 188 g/mol. The summed E-state index contributed by atoms with van der Waals surface area (Å²) in [5, 5.41) is 1.29. The van der Waals surface area contributed by atoms with Crippen LogP contribution in [0.1, 0.15) is 16.8 Å². The molecule has 0 saturated heterocycles. The Labute approximate surface area is 84.1 Å². The molecule has 0 saturated carbocycles. The minimum atomic E-state index is 0.699. The number of nitrogens with one attached hydrogen (secondary N) is 1. The molecule has 0 amide bonds. The van der Waals surface area contributed by atoms with Gasteiger partial charge in [0.1, 0.15) is 0 Å². The highest BCUT2D eigenvalue weighted by molar-refractivity contribution is 5.84. The molecule has 2 heteroatoms. The molecule has 0 bridgehead atoms. The van der Waals surface area contributed by atoms with Crippen molar-refractivity contribution in [2.75, 3.05) is 6.54 Å². The summed E-state index contributed by atoms with van der Waals surface area (Å²) in [4.78, 5) is 3.43. The smallest absolute Gasteiger partial charge is 0.0488 e. The lowest BCUT2D eigenvalue weighted by atomic mass is 10.1. The van der Waals surface area contributed by atoms with Gasteiger partial charge < -0.3 is 10.7 Å². The van der Waals surface area contributed by atoms with Crippen LogP contribution in [0.3, 0.4) is 0 Å². The largest absolute Gasteiger partial charge is 0.358 e. The van der Waals surface area contributed by atoms with Gasteiger partial charge in [-0.2, -0.15) is 0 Å². The molecule has 1 aromatic heterocycles. The highest BCUT2D eigenvalue weighted by atomic mass is 14.7. The lowest BCUT2D eigenvalue weighted by Gasteiger charge is -2.00. The first-order valence-electron chi connectivity index (χ1n) is 5.00. The molecular weight excluding hydrogens is 172 g/mol. The molecule has 2 rings (SSSR count). The quantitative estimate of drug-likeness (QED) is 0.746. The Balaban J connectivity index is 2.59. The van der Waals surface area contributed by atoms with Crippen molar-refractivity contribution in [1.82, 2.24) is 4.98 Å². The lowest BCUT2D eigenvalue weighted by molar-refractivity contribution is 0.939. The van der Waals surface area contributed by atoms with E-state index >= 15 is 0 Å². The number of fused-ring (bicyclic) bond motifs is 1. The van der Waals surface area contributed by atoms with Crippen LogP contribution in [0, 0.1) is 13.8 Å². The highest BCUT2D eigenvalue weighted by Crippen LogP contribution is 2.21. The minimum absolute atomic E-state index is 0.699. The van der Waals surface area contributed by atoms with Gasteiger partial charge in [-0.1, -0.05) is 12.1 Å². The van der Waals surface area contributed by atoms with E-state index in [1.165, 1.54) is 27.7 Å². The van der Waals surface area contributed by atoms with Crippen molar-refractivity contribution in [2.45, 2.75) is 20.3 Å². The molecule has 74 valence electrons. The molecule has 1 heterocycles. The SMILES string of the molecule is Cc1ccc2cc(CCN)[nH]c2c1C. The van der Waals surface area contributed by atoms with Crippen LogP contribution in [0.5, 0.6) is 0 Å². The normalized spacial score (nSPS) is 11.1. The topological polar surface area (TPSA) is 41.8 Å². The van der Waals surface area contributed by atoms with Crippen molar-refractivity contribution < 1.29 is 0 Å². The van der Waals surface area contributed by atoms with Gasteiger partial charge in [-0.05, 0) is 49.4 Å². The van der Waals surface area contributed by atoms with E-state index in [0.717, 1.165) is 6.42 Å². The van der Waals surface area contributed by atoms with Crippen molar-refractivity contribution in [3.05, 3.63) is 35.0 Å². The Bertz CT molecular complexity index is 455. The first-order chi connectivity index (χ1) is 6.72. The Morgan fingerprint density at radius 3 is 2.79 bits per heavy atom. The van der Waals surface area contributed by atoms with Gasteiger partial charge in [-0.3, -0.25) is 0 Å². The Morgan fingerprint density at radius 2 is 2.07 bits per heavy atom. The maximum absolute atomic E-state index is 5.53. The summed E-state index contributed by atoms with van der Waals surface area (Å²) in [6.45, 7) is 4.99. The van der Waals surface area contributed by atoms with Crippen LogP contribution in [0.2, 0.25) is 0 Å². The van der Waals surface area contributed by atoms with E-state index in [2.05, 4.69) is 37.0 Å². The first-order valence-corrected chi connectivity index (χ1v) is 5.00. The lowest BCUT2D eigenvalue weighted by Crippen LogP contribution is -2.02. The Hall–Kier alpha value is -1.28. The summed E-state index contributed by atoms with van der Waals surface area (Å²) < 4.78 is 0. The van der Waals surface area contributed by atoms with Gasteiger partial charge in [-0.25, -0.2) is 0 Å². The molecule has 0 aliphatic carbocycles. The van der Waals surface area contributed by atoms with Crippen molar-refractivity contribution in [2.24, 2.45) is 5.73 Å². The van der Waals surface area contributed by atoms with Crippen molar-refractivity contribution >= 4 is 10.9 Å². The van der Waals surface area contributed by atoms with Gasteiger partial charge in [-0.15, -0.1) is 0 Å². The van der Waals surface area contributed by atoms with Crippen LogP contribution >= 0.6 is 0 Å². The number of benzene rings is 1. The number of hydrogen-bond acceptors (Lipinski definition) is 1. The molecule has 0 atom stereocenters. The first kappa shape index (κ1) is 9.28. The molecule has 2 aromatic rings. The molecule has 0 spiro atoms.